The van der Waals surface area contributed by atoms with Crippen molar-refractivity contribution in [2.75, 3.05) is 0 Å². The van der Waals surface area contributed by atoms with Crippen LogP contribution in [0.3, 0.4) is 0 Å². The molecule has 0 aliphatic rings. The summed E-state index contributed by atoms with van der Waals surface area (Å²) in [7, 11) is 0. The molecule has 0 saturated carbocycles. The number of benzene rings is 1. The van der Waals surface area contributed by atoms with Crippen molar-refractivity contribution in [1.29, 1.82) is 0 Å². The van der Waals surface area contributed by atoms with Crippen molar-refractivity contribution in [2.24, 2.45) is 0 Å². The van der Waals surface area contributed by atoms with Crippen LogP contribution >= 0.6 is 0 Å². The maximum atomic E-state index is 10.8. The standard InChI is InChI=1S/C12H13N3O3/c1-9-10(3-2-4-12(9)15(16)17)7-13-8-11-5-6-14-18-11/h2-6,13H,7-8H2,1H3. The zero-order valence-electron chi connectivity index (χ0n) is 9.92. The van der Waals surface area contributed by atoms with Crippen molar-refractivity contribution in [2.45, 2.75) is 20.0 Å². The van der Waals surface area contributed by atoms with Gasteiger partial charge in [-0.15, -0.1) is 0 Å². The third-order valence-electron chi connectivity index (χ3n) is 2.72. The highest BCUT2D eigenvalue weighted by Crippen LogP contribution is 2.20. The third-order valence-corrected chi connectivity index (χ3v) is 2.72. The fourth-order valence-corrected chi connectivity index (χ4v) is 1.71. The highest BCUT2D eigenvalue weighted by Gasteiger charge is 2.12. The number of hydrogen-bond donors (Lipinski definition) is 1. The zero-order valence-corrected chi connectivity index (χ0v) is 9.92. The second kappa shape index (κ2) is 5.42. The van der Waals surface area contributed by atoms with Crippen LogP contribution in [0.4, 0.5) is 5.69 Å². The number of aromatic nitrogens is 1. The lowest BCUT2D eigenvalue weighted by atomic mass is 10.1. The Morgan fingerprint density at radius 3 is 2.89 bits per heavy atom. The van der Waals surface area contributed by atoms with Crippen molar-refractivity contribution in [3.05, 3.63) is 57.5 Å². The van der Waals surface area contributed by atoms with Gasteiger partial charge in [-0.3, -0.25) is 10.1 Å². The molecule has 18 heavy (non-hydrogen) atoms. The van der Waals surface area contributed by atoms with Gasteiger partial charge in [-0.1, -0.05) is 17.3 Å². The smallest absolute Gasteiger partial charge is 0.272 e. The zero-order chi connectivity index (χ0) is 13.0. The van der Waals surface area contributed by atoms with Crippen LogP contribution in [0.25, 0.3) is 0 Å². The van der Waals surface area contributed by atoms with Crippen LogP contribution in [-0.2, 0) is 13.1 Å². The molecule has 1 aromatic heterocycles. The molecular weight excluding hydrogens is 234 g/mol. The lowest BCUT2D eigenvalue weighted by molar-refractivity contribution is -0.385. The van der Waals surface area contributed by atoms with E-state index in [1.165, 1.54) is 6.07 Å². The Hall–Kier alpha value is -2.21. The van der Waals surface area contributed by atoms with Crippen molar-refractivity contribution < 1.29 is 9.45 Å². The number of nitro groups is 1. The summed E-state index contributed by atoms with van der Waals surface area (Å²) in [6, 6.07) is 6.84. The highest BCUT2D eigenvalue weighted by molar-refractivity contribution is 5.44. The van der Waals surface area contributed by atoms with E-state index in [9.17, 15) is 10.1 Å². The topological polar surface area (TPSA) is 81.2 Å². The molecule has 0 bridgehead atoms. The van der Waals surface area contributed by atoms with Crippen molar-refractivity contribution >= 4 is 5.69 Å². The van der Waals surface area contributed by atoms with Crippen molar-refractivity contribution in [1.82, 2.24) is 10.5 Å². The molecule has 2 aromatic rings. The molecule has 6 nitrogen and oxygen atoms in total. The Morgan fingerprint density at radius 1 is 1.39 bits per heavy atom. The molecule has 1 aromatic carbocycles. The molecule has 2 rings (SSSR count). The fourth-order valence-electron chi connectivity index (χ4n) is 1.71. The Bertz CT molecular complexity index is 538. The second-order valence-electron chi connectivity index (χ2n) is 3.90. The molecule has 0 unspecified atom stereocenters. The summed E-state index contributed by atoms with van der Waals surface area (Å²) in [5.41, 5.74) is 1.74. The first-order valence-electron chi connectivity index (χ1n) is 5.51. The van der Waals surface area contributed by atoms with Crippen LogP contribution in [0, 0.1) is 17.0 Å². The summed E-state index contributed by atoms with van der Waals surface area (Å²) in [5.74, 6) is 0.734. The Balaban J connectivity index is 2.01. The van der Waals surface area contributed by atoms with Gasteiger partial charge in [0.15, 0.2) is 0 Å². The van der Waals surface area contributed by atoms with Gasteiger partial charge in [0.05, 0.1) is 17.7 Å². The Kier molecular flexibility index (Phi) is 3.69. The van der Waals surface area contributed by atoms with Crippen LogP contribution in [-0.4, -0.2) is 10.1 Å². The van der Waals surface area contributed by atoms with E-state index in [1.807, 2.05) is 6.07 Å². The van der Waals surface area contributed by atoms with Gasteiger partial charge in [-0.25, -0.2) is 0 Å². The lowest BCUT2D eigenvalue weighted by Crippen LogP contribution is -2.13. The molecule has 6 heteroatoms. The largest absolute Gasteiger partial charge is 0.360 e. The van der Waals surface area contributed by atoms with Crippen LogP contribution in [0.5, 0.6) is 0 Å². The predicted molar refractivity (Wildman–Crippen MR) is 64.9 cm³/mol. The molecule has 0 spiro atoms. The average Bonchev–Trinajstić information content (AvgIpc) is 2.84. The predicted octanol–water partition coefficient (Wildman–Crippen LogP) is 2.18. The molecule has 0 atom stereocenters. The SMILES string of the molecule is Cc1c(CNCc2ccno2)cccc1[N+](=O)[O-]. The van der Waals surface area contributed by atoms with E-state index >= 15 is 0 Å². The third kappa shape index (κ3) is 2.72. The molecule has 1 N–H and O–H groups in total. The fraction of sp³-hybridized carbons (Fsp3) is 0.250. The summed E-state index contributed by atoms with van der Waals surface area (Å²) in [6.45, 7) is 2.85. The minimum Gasteiger partial charge on any atom is -0.360 e. The van der Waals surface area contributed by atoms with E-state index in [0.29, 0.717) is 18.7 Å². The van der Waals surface area contributed by atoms with Crippen molar-refractivity contribution in [3.63, 3.8) is 0 Å². The molecule has 0 fully saturated rings. The summed E-state index contributed by atoms with van der Waals surface area (Å²) < 4.78 is 4.94. The van der Waals surface area contributed by atoms with Crippen LogP contribution in [0.15, 0.2) is 35.0 Å². The van der Waals surface area contributed by atoms with Gasteiger partial charge in [0, 0.05) is 24.2 Å². The normalized spacial score (nSPS) is 10.5. The first-order chi connectivity index (χ1) is 8.68. The first-order valence-corrected chi connectivity index (χ1v) is 5.51. The molecule has 0 aliphatic heterocycles. The molecule has 0 aliphatic carbocycles. The van der Waals surface area contributed by atoms with E-state index < -0.39 is 0 Å². The maximum Gasteiger partial charge on any atom is 0.272 e. The Morgan fingerprint density at radius 2 is 2.22 bits per heavy atom. The van der Waals surface area contributed by atoms with Crippen LogP contribution in [0.2, 0.25) is 0 Å². The highest BCUT2D eigenvalue weighted by atomic mass is 16.6. The monoisotopic (exact) mass is 247 g/mol. The summed E-state index contributed by atoms with van der Waals surface area (Å²) in [5, 5.41) is 17.5. The number of nitrogens with one attached hydrogen (secondary N) is 1. The summed E-state index contributed by atoms with van der Waals surface area (Å²) in [6.07, 6.45) is 1.58. The van der Waals surface area contributed by atoms with Gasteiger partial charge in [-0.05, 0) is 12.5 Å². The molecule has 0 saturated heterocycles. The number of nitrogens with zero attached hydrogens (tertiary/aromatic N) is 2. The summed E-state index contributed by atoms with van der Waals surface area (Å²) in [4.78, 5) is 10.4. The molecule has 1 heterocycles. The number of hydrogen-bond acceptors (Lipinski definition) is 5. The van der Waals surface area contributed by atoms with Gasteiger partial charge >= 0.3 is 0 Å². The quantitative estimate of drug-likeness (QED) is 0.647. The van der Waals surface area contributed by atoms with E-state index in [-0.39, 0.29) is 10.6 Å². The Labute approximate surface area is 104 Å². The van der Waals surface area contributed by atoms with Gasteiger partial charge in [-0.2, -0.15) is 0 Å². The molecule has 0 amide bonds. The summed E-state index contributed by atoms with van der Waals surface area (Å²) >= 11 is 0. The van der Waals surface area contributed by atoms with E-state index in [2.05, 4.69) is 10.5 Å². The second-order valence-corrected chi connectivity index (χ2v) is 3.90. The van der Waals surface area contributed by atoms with Gasteiger partial charge in [0.1, 0.15) is 5.76 Å². The number of rotatable bonds is 5. The van der Waals surface area contributed by atoms with E-state index in [4.69, 9.17) is 4.52 Å². The average molecular weight is 247 g/mol. The van der Waals surface area contributed by atoms with Crippen molar-refractivity contribution in [3.8, 4) is 0 Å². The molecule has 94 valence electrons. The first kappa shape index (κ1) is 12.3. The van der Waals surface area contributed by atoms with Crippen LogP contribution in [0.1, 0.15) is 16.9 Å². The van der Waals surface area contributed by atoms with E-state index in [1.54, 1.807) is 25.3 Å². The van der Waals surface area contributed by atoms with Gasteiger partial charge in [0.2, 0.25) is 0 Å². The van der Waals surface area contributed by atoms with Gasteiger partial charge in [0.25, 0.3) is 5.69 Å². The minimum atomic E-state index is -0.366. The van der Waals surface area contributed by atoms with Crippen LogP contribution < -0.4 is 5.32 Å². The van der Waals surface area contributed by atoms with Gasteiger partial charge < -0.3 is 9.84 Å². The number of nitro benzene ring substituents is 1. The minimum absolute atomic E-state index is 0.147. The lowest BCUT2D eigenvalue weighted by Gasteiger charge is -2.06. The molecule has 0 radical (unpaired) electrons. The maximum absolute atomic E-state index is 10.8. The van der Waals surface area contributed by atoms with E-state index in [0.717, 1.165) is 11.3 Å². The molecular formula is C12H13N3O3.